The normalized spacial score (nSPS) is 11.5. The SMILES string of the molecule is CCSCCNc1cc(C(C)(C)C)ncn1. The molecule has 4 heteroatoms. The van der Waals surface area contributed by atoms with Crippen LogP contribution in [0.15, 0.2) is 12.4 Å². The summed E-state index contributed by atoms with van der Waals surface area (Å²) in [5.41, 5.74) is 1.16. The Bertz CT molecular complexity index is 320. The maximum absolute atomic E-state index is 4.30. The predicted molar refractivity (Wildman–Crippen MR) is 72.2 cm³/mol. The van der Waals surface area contributed by atoms with Crippen LogP contribution in [0.5, 0.6) is 0 Å². The quantitative estimate of drug-likeness (QED) is 0.802. The van der Waals surface area contributed by atoms with Crippen molar-refractivity contribution in [3.05, 3.63) is 18.1 Å². The molecule has 0 fully saturated rings. The third-order valence-corrected chi connectivity index (χ3v) is 3.09. The van der Waals surface area contributed by atoms with E-state index in [0.29, 0.717) is 0 Å². The minimum Gasteiger partial charge on any atom is -0.369 e. The Balaban J connectivity index is 2.54. The van der Waals surface area contributed by atoms with Gasteiger partial charge in [-0.2, -0.15) is 11.8 Å². The summed E-state index contributed by atoms with van der Waals surface area (Å²) in [6, 6.07) is 2.04. The Kier molecular flexibility index (Phi) is 5.06. The first kappa shape index (κ1) is 13.3. The van der Waals surface area contributed by atoms with E-state index in [-0.39, 0.29) is 5.41 Å². The zero-order valence-corrected chi connectivity index (χ0v) is 11.4. The average Bonchev–Trinajstić information content (AvgIpc) is 2.24. The molecule has 1 N–H and O–H groups in total. The van der Waals surface area contributed by atoms with Gasteiger partial charge < -0.3 is 5.32 Å². The molecule has 0 aliphatic carbocycles. The van der Waals surface area contributed by atoms with Crippen LogP contribution in [0.2, 0.25) is 0 Å². The van der Waals surface area contributed by atoms with Gasteiger partial charge in [-0.05, 0) is 5.75 Å². The summed E-state index contributed by atoms with van der Waals surface area (Å²) in [5.74, 6) is 3.21. The van der Waals surface area contributed by atoms with Crippen molar-refractivity contribution in [3.63, 3.8) is 0 Å². The van der Waals surface area contributed by atoms with E-state index in [0.717, 1.165) is 23.8 Å². The van der Waals surface area contributed by atoms with Crippen LogP contribution >= 0.6 is 11.8 Å². The highest BCUT2D eigenvalue weighted by molar-refractivity contribution is 7.99. The molecule has 0 aromatic carbocycles. The van der Waals surface area contributed by atoms with Crippen LogP contribution in [0.1, 0.15) is 33.4 Å². The van der Waals surface area contributed by atoms with Crippen molar-refractivity contribution < 1.29 is 0 Å². The highest BCUT2D eigenvalue weighted by Crippen LogP contribution is 2.20. The van der Waals surface area contributed by atoms with Gasteiger partial charge in [-0.25, -0.2) is 9.97 Å². The maximum atomic E-state index is 4.30. The molecule has 0 aliphatic rings. The molecule has 1 heterocycles. The van der Waals surface area contributed by atoms with Gasteiger partial charge in [-0.1, -0.05) is 27.7 Å². The van der Waals surface area contributed by atoms with Gasteiger partial charge in [0.25, 0.3) is 0 Å². The summed E-state index contributed by atoms with van der Waals surface area (Å²) in [7, 11) is 0. The number of aromatic nitrogens is 2. The smallest absolute Gasteiger partial charge is 0.129 e. The monoisotopic (exact) mass is 239 g/mol. The first-order valence-electron chi connectivity index (χ1n) is 5.68. The number of nitrogens with zero attached hydrogens (tertiary/aromatic N) is 2. The van der Waals surface area contributed by atoms with Gasteiger partial charge in [0.1, 0.15) is 12.1 Å². The molecule has 0 aliphatic heterocycles. The van der Waals surface area contributed by atoms with Crippen molar-refractivity contribution in [2.24, 2.45) is 0 Å². The third-order valence-electron chi connectivity index (χ3n) is 2.19. The molecule has 0 bridgehead atoms. The number of anilines is 1. The molecule has 1 rings (SSSR count). The highest BCUT2D eigenvalue weighted by Gasteiger charge is 2.15. The number of thioether (sulfide) groups is 1. The lowest BCUT2D eigenvalue weighted by molar-refractivity contribution is 0.567. The van der Waals surface area contributed by atoms with Crippen molar-refractivity contribution in [3.8, 4) is 0 Å². The molecule has 0 unspecified atom stereocenters. The van der Waals surface area contributed by atoms with Gasteiger partial charge in [-0.3, -0.25) is 0 Å². The molecule has 0 radical (unpaired) electrons. The number of hydrogen-bond acceptors (Lipinski definition) is 4. The van der Waals surface area contributed by atoms with Crippen LogP contribution in [0.3, 0.4) is 0 Å². The highest BCUT2D eigenvalue weighted by atomic mass is 32.2. The van der Waals surface area contributed by atoms with Gasteiger partial charge in [0.05, 0.1) is 5.69 Å². The maximum Gasteiger partial charge on any atom is 0.129 e. The Hall–Kier alpha value is -0.770. The topological polar surface area (TPSA) is 37.8 Å². The van der Waals surface area contributed by atoms with Crippen LogP contribution in [0, 0.1) is 0 Å². The molecule has 90 valence electrons. The summed E-state index contributed by atoms with van der Waals surface area (Å²) in [6.45, 7) is 9.61. The van der Waals surface area contributed by atoms with Gasteiger partial charge in [0, 0.05) is 23.8 Å². The van der Waals surface area contributed by atoms with E-state index in [2.05, 4.69) is 43.0 Å². The zero-order chi connectivity index (χ0) is 12.0. The van der Waals surface area contributed by atoms with Crippen molar-refractivity contribution in [2.75, 3.05) is 23.4 Å². The summed E-state index contributed by atoms with van der Waals surface area (Å²) >= 11 is 1.93. The largest absolute Gasteiger partial charge is 0.369 e. The van der Waals surface area contributed by atoms with Gasteiger partial charge in [0.15, 0.2) is 0 Å². The fraction of sp³-hybridized carbons (Fsp3) is 0.667. The second kappa shape index (κ2) is 6.09. The van der Waals surface area contributed by atoms with Gasteiger partial charge in [0.2, 0.25) is 0 Å². The van der Waals surface area contributed by atoms with Gasteiger partial charge >= 0.3 is 0 Å². The third kappa shape index (κ3) is 4.39. The van der Waals surface area contributed by atoms with Crippen molar-refractivity contribution in [1.29, 1.82) is 0 Å². The lowest BCUT2D eigenvalue weighted by Gasteiger charge is -2.18. The number of rotatable bonds is 5. The van der Waals surface area contributed by atoms with Crippen molar-refractivity contribution in [1.82, 2.24) is 9.97 Å². The van der Waals surface area contributed by atoms with E-state index >= 15 is 0 Å². The summed E-state index contributed by atoms with van der Waals surface area (Å²) < 4.78 is 0. The Morgan fingerprint density at radius 2 is 2.06 bits per heavy atom. The Morgan fingerprint density at radius 3 is 2.69 bits per heavy atom. The minimum atomic E-state index is 0.0809. The summed E-state index contributed by atoms with van der Waals surface area (Å²) in [6.07, 6.45) is 1.63. The van der Waals surface area contributed by atoms with Crippen molar-refractivity contribution in [2.45, 2.75) is 33.1 Å². The molecule has 0 saturated carbocycles. The first-order chi connectivity index (χ1) is 7.54. The molecule has 3 nitrogen and oxygen atoms in total. The molecule has 0 saturated heterocycles. The Labute approximate surface area is 102 Å². The van der Waals surface area contributed by atoms with E-state index in [4.69, 9.17) is 0 Å². The fourth-order valence-corrected chi connectivity index (χ4v) is 1.79. The van der Waals surface area contributed by atoms with Crippen LogP contribution in [0.4, 0.5) is 5.82 Å². The second-order valence-corrected chi connectivity index (χ2v) is 6.06. The van der Waals surface area contributed by atoms with E-state index in [1.807, 2.05) is 17.8 Å². The van der Waals surface area contributed by atoms with Crippen molar-refractivity contribution >= 4 is 17.6 Å². The molecular weight excluding hydrogens is 218 g/mol. The molecule has 0 amide bonds. The Morgan fingerprint density at radius 1 is 1.31 bits per heavy atom. The first-order valence-corrected chi connectivity index (χ1v) is 6.83. The molecule has 0 spiro atoms. The van der Waals surface area contributed by atoms with E-state index in [1.54, 1.807) is 6.33 Å². The van der Waals surface area contributed by atoms with Crippen LogP contribution in [0.25, 0.3) is 0 Å². The van der Waals surface area contributed by atoms with Crippen LogP contribution in [-0.4, -0.2) is 28.0 Å². The predicted octanol–water partition coefficient (Wildman–Crippen LogP) is 2.94. The van der Waals surface area contributed by atoms with Crippen LogP contribution in [-0.2, 0) is 5.41 Å². The van der Waals surface area contributed by atoms with E-state index in [1.165, 1.54) is 5.75 Å². The second-order valence-electron chi connectivity index (χ2n) is 4.66. The minimum absolute atomic E-state index is 0.0809. The summed E-state index contributed by atoms with van der Waals surface area (Å²) in [4.78, 5) is 8.52. The molecule has 0 atom stereocenters. The van der Waals surface area contributed by atoms with Gasteiger partial charge in [-0.15, -0.1) is 0 Å². The van der Waals surface area contributed by atoms with E-state index < -0.39 is 0 Å². The fourth-order valence-electron chi connectivity index (χ4n) is 1.26. The molecule has 1 aromatic rings. The summed E-state index contributed by atoms with van der Waals surface area (Å²) in [5, 5.41) is 3.32. The van der Waals surface area contributed by atoms with Crippen LogP contribution < -0.4 is 5.32 Å². The lowest BCUT2D eigenvalue weighted by Crippen LogP contribution is -2.15. The van der Waals surface area contributed by atoms with E-state index in [9.17, 15) is 0 Å². The standard InChI is InChI=1S/C12H21N3S/c1-5-16-7-6-13-11-8-10(12(2,3)4)14-9-15-11/h8-9H,5-7H2,1-4H3,(H,13,14,15). The molecule has 1 aromatic heterocycles. The average molecular weight is 239 g/mol. The number of nitrogens with one attached hydrogen (secondary N) is 1. The molecule has 16 heavy (non-hydrogen) atoms. The molecular formula is C12H21N3S. The lowest BCUT2D eigenvalue weighted by atomic mass is 9.92. The zero-order valence-electron chi connectivity index (χ0n) is 10.6. The number of hydrogen-bond donors (Lipinski definition) is 1.